The zero-order valence-corrected chi connectivity index (χ0v) is 13.2. The molecule has 1 unspecified atom stereocenters. The highest BCUT2D eigenvalue weighted by atomic mass is 16.6. The van der Waals surface area contributed by atoms with Crippen LogP contribution in [0.15, 0.2) is 24.3 Å². The Morgan fingerprint density at radius 3 is 2.59 bits per heavy atom. The van der Waals surface area contributed by atoms with Crippen LogP contribution in [0.5, 0.6) is 5.75 Å². The Balaban J connectivity index is 1.85. The van der Waals surface area contributed by atoms with Gasteiger partial charge in [0.2, 0.25) is 6.41 Å². The predicted octanol–water partition coefficient (Wildman–Crippen LogP) is 2.64. The molecule has 1 heterocycles. The van der Waals surface area contributed by atoms with Gasteiger partial charge in [-0.3, -0.25) is 4.79 Å². The fraction of sp³-hybridized carbons (Fsp3) is 0.500. The number of carbonyl (C=O) groups is 2. The van der Waals surface area contributed by atoms with Crippen LogP contribution in [0.4, 0.5) is 10.5 Å². The number of benzene rings is 1. The third kappa shape index (κ3) is 4.65. The van der Waals surface area contributed by atoms with E-state index in [2.05, 4.69) is 5.32 Å². The van der Waals surface area contributed by atoms with Gasteiger partial charge in [0.15, 0.2) is 0 Å². The maximum absolute atomic E-state index is 12.0. The van der Waals surface area contributed by atoms with Gasteiger partial charge in [0.1, 0.15) is 17.5 Å². The predicted molar refractivity (Wildman–Crippen MR) is 83.0 cm³/mol. The standard InChI is InChI=1S/C16H22N2O4/c1-16(2,3)22-15(20)18-9-8-14(10-18)21-13-6-4-12(5-7-13)17-11-19/h4-7,11,14H,8-10H2,1-3H3,(H,17,19). The van der Waals surface area contributed by atoms with Crippen LogP contribution in [0.1, 0.15) is 27.2 Å². The second kappa shape index (κ2) is 6.68. The van der Waals surface area contributed by atoms with Gasteiger partial charge in [0.25, 0.3) is 0 Å². The molecule has 2 amide bonds. The lowest BCUT2D eigenvalue weighted by Gasteiger charge is -2.24. The molecule has 1 aliphatic rings. The average Bonchev–Trinajstić information content (AvgIpc) is 2.88. The van der Waals surface area contributed by atoms with Gasteiger partial charge in [-0.25, -0.2) is 4.79 Å². The third-order valence-corrected chi connectivity index (χ3v) is 3.18. The number of hydrogen-bond acceptors (Lipinski definition) is 4. The molecule has 0 aromatic heterocycles. The molecule has 0 spiro atoms. The lowest BCUT2D eigenvalue weighted by Crippen LogP contribution is -2.36. The molecule has 0 aliphatic carbocycles. The molecule has 0 radical (unpaired) electrons. The van der Waals surface area contributed by atoms with Gasteiger partial charge in [-0.1, -0.05) is 0 Å². The van der Waals surface area contributed by atoms with E-state index in [1.165, 1.54) is 0 Å². The monoisotopic (exact) mass is 306 g/mol. The molecule has 0 saturated carbocycles. The van der Waals surface area contributed by atoms with Gasteiger partial charge in [0, 0.05) is 18.7 Å². The van der Waals surface area contributed by atoms with Crippen LogP contribution in [0.25, 0.3) is 0 Å². The molecule has 1 aromatic rings. The van der Waals surface area contributed by atoms with E-state index in [1.807, 2.05) is 20.8 Å². The van der Waals surface area contributed by atoms with E-state index in [0.717, 1.165) is 6.42 Å². The van der Waals surface area contributed by atoms with Crippen molar-refractivity contribution in [1.82, 2.24) is 4.90 Å². The summed E-state index contributed by atoms with van der Waals surface area (Å²) in [7, 11) is 0. The van der Waals surface area contributed by atoms with Crippen LogP contribution < -0.4 is 10.1 Å². The minimum absolute atomic E-state index is 0.0441. The molecule has 1 N–H and O–H groups in total. The molecule has 0 bridgehead atoms. The van der Waals surface area contributed by atoms with Gasteiger partial charge < -0.3 is 19.7 Å². The second-order valence-corrected chi connectivity index (χ2v) is 6.24. The SMILES string of the molecule is CC(C)(C)OC(=O)N1CCC(Oc2ccc(NC=O)cc2)C1. The number of nitrogens with zero attached hydrogens (tertiary/aromatic N) is 1. The van der Waals surface area contributed by atoms with Gasteiger partial charge in [-0.15, -0.1) is 0 Å². The van der Waals surface area contributed by atoms with Crippen molar-refractivity contribution in [3.63, 3.8) is 0 Å². The van der Waals surface area contributed by atoms with Crippen LogP contribution in [0.2, 0.25) is 0 Å². The summed E-state index contributed by atoms with van der Waals surface area (Å²) in [5.41, 5.74) is 0.224. The summed E-state index contributed by atoms with van der Waals surface area (Å²) in [4.78, 5) is 24.0. The summed E-state index contributed by atoms with van der Waals surface area (Å²) in [5.74, 6) is 0.715. The van der Waals surface area contributed by atoms with Crippen molar-refractivity contribution in [2.24, 2.45) is 0 Å². The first-order valence-corrected chi connectivity index (χ1v) is 7.32. The van der Waals surface area contributed by atoms with Gasteiger partial charge >= 0.3 is 6.09 Å². The summed E-state index contributed by atoms with van der Waals surface area (Å²) < 4.78 is 11.2. The van der Waals surface area contributed by atoms with E-state index in [-0.39, 0.29) is 12.2 Å². The fourth-order valence-corrected chi connectivity index (χ4v) is 2.21. The average molecular weight is 306 g/mol. The topological polar surface area (TPSA) is 67.9 Å². The van der Waals surface area contributed by atoms with E-state index in [0.29, 0.717) is 30.9 Å². The minimum atomic E-state index is -0.489. The van der Waals surface area contributed by atoms with Gasteiger partial charge in [-0.2, -0.15) is 0 Å². The molecule has 1 saturated heterocycles. The number of hydrogen-bond donors (Lipinski definition) is 1. The van der Waals surface area contributed by atoms with Gasteiger partial charge in [0.05, 0.1) is 6.54 Å². The smallest absolute Gasteiger partial charge is 0.410 e. The lowest BCUT2D eigenvalue weighted by molar-refractivity contribution is -0.105. The highest BCUT2D eigenvalue weighted by molar-refractivity contribution is 5.71. The number of carbonyl (C=O) groups excluding carboxylic acids is 2. The minimum Gasteiger partial charge on any atom is -0.489 e. The number of ether oxygens (including phenoxy) is 2. The Hall–Kier alpha value is -2.24. The Bertz CT molecular complexity index is 522. The molecule has 22 heavy (non-hydrogen) atoms. The van der Waals surface area contributed by atoms with Crippen molar-refractivity contribution in [3.05, 3.63) is 24.3 Å². The molecule has 1 atom stereocenters. The molecule has 6 heteroatoms. The molecular formula is C16H22N2O4. The van der Waals surface area contributed by atoms with E-state index in [9.17, 15) is 9.59 Å². The number of likely N-dealkylation sites (tertiary alicyclic amines) is 1. The van der Waals surface area contributed by atoms with Crippen LogP contribution in [0, 0.1) is 0 Å². The highest BCUT2D eigenvalue weighted by Gasteiger charge is 2.30. The molecule has 6 nitrogen and oxygen atoms in total. The van der Waals surface area contributed by atoms with E-state index in [4.69, 9.17) is 9.47 Å². The first kappa shape index (κ1) is 16.1. The summed E-state index contributed by atoms with van der Waals surface area (Å²) in [6.07, 6.45) is 1.06. The second-order valence-electron chi connectivity index (χ2n) is 6.24. The first-order valence-electron chi connectivity index (χ1n) is 7.32. The fourth-order valence-electron chi connectivity index (χ4n) is 2.21. The Labute approximate surface area is 130 Å². The number of anilines is 1. The van der Waals surface area contributed by atoms with Crippen LogP contribution in [-0.4, -0.2) is 42.2 Å². The Morgan fingerprint density at radius 2 is 2.00 bits per heavy atom. The van der Waals surface area contributed by atoms with Crippen LogP contribution in [-0.2, 0) is 9.53 Å². The number of rotatable bonds is 4. The summed E-state index contributed by atoms with van der Waals surface area (Å²) in [5, 5.41) is 2.57. The molecule has 1 fully saturated rings. The van der Waals surface area contributed by atoms with Crippen molar-refractivity contribution < 1.29 is 19.1 Å². The van der Waals surface area contributed by atoms with E-state index in [1.54, 1.807) is 29.2 Å². The third-order valence-electron chi connectivity index (χ3n) is 3.18. The van der Waals surface area contributed by atoms with Crippen molar-refractivity contribution in [3.8, 4) is 5.75 Å². The number of nitrogens with one attached hydrogen (secondary N) is 1. The summed E-state index contributed by atoms with van der Waals surface area (Å²) in [6, 6.07) is 7.12. The van der Waals surface area contributed by atoms with Crippen molar-refractivity contribution in [2.45, 2.75) is 38.9 Å². The Morgan fingerprint density at radius 1 is 1.32 bits per heavy atom. The quantitative estimate of drug-likeness (QED) is 0.868. The normalized spacial score (nSPS) is 18.0. The molecule has 120 valence electrons. The summed E-state index contributed by atoms with van der Waals surface area (Å²) >= 11 is 0. The highest BCUT2D eigenvalue weighted by Crippen LogP contribution is 2.21. The number of amides is 2. The maximum atomic E-state index is 12.0. The largest absolute Gasteiger partial charge is 0.489 e. The first-order chi connectivity index (χ1) is 10.4. The zero-order chi connectivity index (χ0) is 16.2. The van der Waals surface area contributed by atoms with E-state index < -0.39 is 5.60 Å². The van der Waals surface area contributed by atoms with Crippen LogP contribution >= 0.6 is 0 Å². The van der Waals surface area contributed by atoms with Crippen LogP contribution in [0.3, 0.4) is 0 Å². The zero-order valence-electron chi connectivity index (χ0n) is 13.2. The van der Waals surface area contributed by atoms with Crippen molar-refractivity contribution in [2.75, 3.05) is 18.4 Å². The molecular weight excluding hydrogens is 284 g/mol. The van der Waals surface area contributed by atoms with E-state index >= 15 is 0 Å². The van der Waals surface area contributed by atoms with Crippen molar-refractivity contribution >= 4 is 18.2 Å². The molecule has 2 rings (SSSR count). The molecule has 1 aromatic carbocycles. The lowest BCUT2D eigenvalue weighted by atomic mass is 10.2. The van der Waals surface area contributed by atoms with Crippen molar-refractivity contribution in [1.29, 1.82) is 0 Å². The Kier molecular flexibility index (Phi) is 4.90. The molecule has 1 aliphatic heterocycles. The maximum Gasteiger partial charge on any atom is 0.410 e. The summed E-state index contributed by atoms with van der Waals surface area (Å²) in [6.45, 7) is 6.70. The van der Waals surface area contributed by atoms with Gasteiger partial charge in [-0.05, 0) is 45.0 Å².